The molecule has 2 rings (SSSR count). The molecule has 0 aliphatic rings. The Kier molecular flexibility index (Phi) is 6.12. The number of amides is 1. The quantitative estimate of drug-likeness (QED) is 0.831. The van der Waals surface area contributed by atoms with E-state index in [9.17, 15) is 14.9 Å². The molecular weight excluding hydrogens is 386 g/mol. The van der Waals surface area contributed by atoms with Crippen LogP contribution in [0.3, 0.4) is 0 Å². The van der Waals surface area contributed by atoms with Crippen molar-refractivity contribution in [2.24, 2.45) is 0 Å². The molecule has 0 aliphatic heterocycles. The number of carbonyl (C=O) groups excluding carboxylic acids is 1. The van der Waals surface area contributed by atoms with Crippen molar-refractivity contribution in [1.82, 2.24) is 4.57 Å². The van der Waals surface area contributed by atoms with Gasteiger partial charge in [-0.3, -0.25) is 9.59 Å². The topological polar surface area (TPSA) is 84.1 Å². The lowest BCUT2D eigenvalue weighted by atomic mass is 10.1. The second-order valence-corrected chi connectivity index (χ2v) is 6.49. The summed E-state index contributed by atoms with van der Waals surface area (Å²) in [6, 6.07) is 9.04. The first-order valence-electron chi connectivity index (χ1n) is 7.55. The lowest BCUT2D eigenvalue weighted by Gasteiger charge is -2.13. The number of ether oxygens (including phenoxy) is 1. The summed E-state index contributed by atoms with van der Waals surface area (Å²) in [5.41, 5.74) is 2.26. The molecule has 0 spiro atoms. The number of aromatic nitrogens is 1. The average molecular weight is 404 g/mol. The molecule has 0 radical (unpaired) electrons. The van der Waals surface area contributed by atoms with Gasteiger partial charge < -0.3 is 14.6 Å². The van der Waals surface area contributed by atoms with Crippen molar-refractivity contribution in [2.45, 2.75) is 27.0 Å². The molecule has 1 amide bonds. The van der Waals surface area contributed by atoms with Gasteiger partial charge in [0.1, 0.15) is 18.2 Å². The Morgan fingerprint density at radius 1 is 1.36 bits per heavy atom. The van der Waals surface area contributed by atoms with Gasteiger partial charge in [-0.1, -0.05) is 15.9 Å². The lowest BCUT2D eigenvalue weighted by molar-refractivity contribution is -0.116. The van der Waals surface area contributed by atoms with Crippen LogP contribution in [-0.2, 0) is 22.7 Å². The number of anilines is 1. The smallest absolute Gasteiger partial charge is 0.269 e. The molecule has 0 saturated carbocycles. The third kappa shape index (κ3) is 4.35. The highest BCUT2D eigenvalue weighted by Crippen LogP contribution is 2.20. The second kappa shape index (κ2) is 8.10. The van der Waals surface area contributed by atoms with E-state index in [1.54, 1.807) is 19.1 Å². The Balaban J connectivity index is 2.27. The van der Waals surface area contributed by atoms with Crippen LogP contribution >= 0.6 is 15.9 Å². The summed E-state index contributed by atoms with van der Waals surface area (Å²) < 4.78 is 7.26. The van der Waals surface area contributed by atoms with E-state index in [1.807, 2.05) is 25.1 Å². The first-order valence-corrected chi connectivity index (χ1v) is 8.35. The number of hydrogen-bond donors (Lipinski definition) is 1. The number of carbonyl (C=O) groups is 1. The molecule has 130 valence electrons. The van der Waals surface area contributed by atoms with Gasteiger partial charge in [0, 0.05) is 28.5 Å². The standard InChI is InChI=1S/C18H18BrN3O3/c1-11-6-14(4-5-16(11)19)21-17(23)9-22-12(2)7-13(10-25-3)15(8-20)18(22)24/h4-7H,9-10H2,1-3H3,(H,21,23). The highest BCUT2D eigenvalue weighted by molar-refractivity contribution is 9.10. The van der Waals surface area contributed by atoms with Crippen molar-refractivity contribution >= 4 is 27.5 Å². The normalized spacial score (nSPS) is 10.4. The highest BCUT2D eigenvalue weighted by atomic mass is 79.9. The zero-order valence-electron chi connectivity index (χ0n) is 14.2. The number of nitrogens with one attached hydrogen (secondary N) is 1. The number of hydrogen-bond acceptors (Lipinski definition) is 4. The Bertz CT molecular complexity index is 913. The number of pyridine rings is 1. The maximum Gasteiger partial charge on any atom is 0.269 e. The summed E-state index contributed by atoms with van der Waals surface area (Å²) in [6.45, 7) is 3.65. The highest BCUT2D eigenvalue weighted by Gasteiger charge is 2.15. The van der Waals surface area contributed by atoms with Crippen molar-refractivity contribution in [3.05, 3.63) is 61.5 Å². The van der Waals surface area contributed by atoms with Gasteiger partial charge in [0.2, 0.25) is 5.91 Å². The molecule has 1 aromatic heterocycles. The minimum atomic E-state index is -0.489. The Hall–Kier alpha value is -2.43. The Morgan fingerprint density at radius 2 is 2.08 bits per heavy atom. The number of methoxy groups -OCH3 is 1. The maximum atomic E-state index is 12.5. The van der Waals surface area contributed by atoms with Crippen molar-refractivity contribution in [3.63, 3.8) is 0 Å². The van der Waals surface area contributed by atoms with Crippen LogP contribution in [0.1, 0.15) is 22.4 Å². The zero-order chi connectivity index (χ0) is 18.6. The predicted molar refractivity (Wildman–Crippen MR) is 98.4 cm³/mol. The first-order chi connectivity index (χ1) is 11.9. The van der Waals surface area contributed by atoms with Gasteiger partial charge in [0.05, 0.1) is 6.61 Å². The largest absolute Gasteiger partial charge is 0.380 e. The van der Waals surface area contributed by atoms with E-state index in [0.717, 1.165) is 10.0 Å². The Morgan fingerprint density at radius 3 is 2.68 bits per heavy atom. The van der Waals surface area contributed by atoms with E-state index >= 15 is 0 Å². The number of aryl methyl sites for hydroxylation is 2. The van der Waals surface area contributed by atoms with Crippen LogP contribution in [0.4, 0.5) is 5.69 Å². The van der Waals surface area contributed by atoms with Gasteiger partial charge in [-0.15, -0.1) is 0 Å². The van der Waals surface area contributed by atoms with Crippen LogP contribution in [0.25, 0.3) is 0 Å². The summed E-state index contributed by atoms with van der Waals surface area (Å²) in [7, 11) is 1.50. The fourth-order valence-corrected chi connectivity index (χ4v) is 2.73. The van der Waals surface area contributed by atoms with Crippen LogP contribution in [0.5, 0.6) is 0 Å². The van der Waals surface area contributed by atoms with Gasteiger partial charge in [-0.05, 0) is 43.7 Å². The van der Waals surface area contributed by atoms with Crippen LogP contribution in [0.15, 0.2) is 33.5 Å². The number of rotatable bonds is 5. The third-order valence-corrected chi connectivity index (χ3v) is 4.63. The molecule has 0 fully saturated rings. The van der Waals surface area contributed by atoms with E-state index in [1.165, 1.54) is 11.7 Å². The molecule has 1 heterocycles. The van der Waals surface area contributed by atoms with E-state index in [2.05, 4.69) is 21.2 Å². The fourth-order valence-electron chi connectivity index (χ4n) is 2.49. The fraction of sp³-hybridized carbons (Fsp3) is 0.278. The van der Waals surface area contributed by atoms with Crippen LogP contribution < -0.4 is 10.9 Å². The molecule has 0 bridgehead atoms. The maximum absolute atomic E-state index is 12.5. The first kappa shape index (κ1) is 18.9. The molecule has 0 unspecified atom stereocenters. The van der Waals surface area contributed by atoms with Crippen molar-refractivity contribution < 1.29 is 9.53 Å². The SMILES string of the molecule is COCc1cc(C)n(CC(=O)Nc2ccc(Br)c(C)c2)c(=O)c1C#N. The summed E-state index contributed by atoms with van der Waals surface area (Å²) in [5, 5.41) is 12.0. The van der Waals surface area contributed by atoms with Crippen LogP contribution in [-0.4, -0.2) is 17.6 Å². The van der Waals surface area contributed by atoms with Gasteiger partial charge in [-0.2, -0.15) is 5.26 Å². The van der Waals surface area contributed by atoms with E-state index in [-0.39, 0.29) is 24.6 Å². The monoisotopic (exact) mass is 403 g/mol. The van der Waals surface area contributed by atoms with Gasteiger partial charge >= 0.3 is 0 Å². The molecule has 0 atom stereocenters. The number of nitrogens with zero attached hydrogens (tertiary/aromatic N) is 2. The molecule has 0 saturated heterocycles. The van der Waals surface area contributed by atoms with Gasteiger partial charge in [0.25, 0.3) is 5.56 Å². The number of benzene rings is 1. The molecule has 0 aliphatic carbocycles. The summed E-state index contributed by atoms with van der Waals surface area (Å²) in [5.74, 6) is -0.338. The predicted octanol–water partition coefficient (Wildman–Crippen LogP) is 2.88. The minimum absolute atomic E-state index is 0.000244. The third-order valence-electron chi connectivity index (χ3n) is 3.74. The molecular formula is C18H18BrN3O3. The summed E-state index contributed by atoms with van der Waals surface area (Å²) in [4.78, 5) is 24.8. The molecule has 7 heteroatoms. The molecule has 2 aromatic rings. The lowest BCUT2D eigenvalue weighted by Crippen LogP contribution is -2.31. The average Bonchev–Trinajstić information content (AvgIpc) is 2.55. The molecule has 6 nitrogen and oxygen atoms in total. The van der Waals surface area contributed by atoms with E-state index in [0.29, 0.717) is 16.9 Å². The van der Waals surface area contributed by atoms with Gasteiger partial charge in [-0.25, -0.2) is 0 Å². The number of halogens is 1. The summed E-state index contributed by atoms with van der Waals surface area (Å²) >= 11 is 3.40. The molecule has 1 N–H and O–H groups in total. The van der Waals surface area contributed by atoms with Crippen LogP contribution in [0.2, 0.25) is 0 Å². The van der Waals surface area contributed by atoms with Crippen molar-refractivity contribution in [3.8, 4) is 6.07 Å². The molecule has 25 heavy (non-hydrogen) atoms. The van der Waals surface area contributed by atoms with Crippen molar-refractivity contribution in [1.29, 1.82) is 5.26 Å². The van der Waals surface area contributed by atoms with Crippen molar-refractivity contribution in [2.75, 3.05) is 12.4 Å². The number of nitriles is 1. The van der Waals surface area contributed by atoms with E-state index < -0.39 is 5.56 Å². The van der Waals surface area contributed by atoms with Gasteiger partial charge in [0.15, 0.2) is 0 Å². The van der Waals surface area contributed by atoms with E-state index in [4.69, 9.17) is 4.74 Å². The summed E-state index contributed by atoms with van der Waals surface area (Å²) in [6.07, 6.45) is 0. The molecule has 1 aromatic carbocycles. The Labute approximate surface area is 154 Å². The second-order valence-electron chi connectivity index (χ2n) is 5.63. The minimum Gasteiger partial charge on any atom is -0.380 e. The van der Waals surface area contributed by atoms with Crippen LogP contribution in [0, 0.1) is 25.2 Å². The zero-order valence-corrected chi connectivity index (χ0v) is 15.8.